The van der Waals surface area contributed by atoms with Gasteiger partial charge in [0.2, 0.25) is 5.95 Å². The van der Waals surface area contributed by atoms with Crippen molar-refractivity contribution in [2.45, 2.75) is 0 Å². The summed E-state index contributed by atoms with van der Waals surface area (Å²) < 4.78 is 11.3. The van der Waals surface area contributed by atoms with Gasteiger partial charge in [-0.2, -0.15) is 9.97 Å². The summed E-state index contributed by atoms with van der Waals surface area (Å²) in [4.78, 5) is 15.5. The topological polar surface area (TPSA) is 61.7 Å². The van der Waals surface area contributed by atoms with Crippen molar-refractivity contribution < 1.29 is 4.42 Å². The monoisotopic (exact) mass is 729 g/mol. The zero-order valence-corrected chi connectivity index (χ0v) is 30.5. The first-order valence-corrected chi connectivity index (χ1v) is 19.1. The average Bonchev–Trinajstić information content (AvgIpc) is 3.94. The van der Waals surface area contributed by atoms with Crippen LogP contribution in [0.1, 0.15) is 0 Å². The minimum Gasteiger partial charge on any atom is -0.456 e. The van der Waals surface area contributed by atoms with Crippen molar-refractivity contribution in [1.82, 2.24) is 24.1 Å². The van der Waals surface area contributed by atoms with E-state index in [4.69, 9.17) is 19.4 Å². The maximum atomic E-state index is 6.67. The third kappa shape index (κ3) is 4.81. The Labute approximate surface area is 326 Å². The van der Waals surface area contributed by atoms with Gasteiger partial charge in [0.05, 0.1) is 27.8 Å². The molecule has 0 aliphatic carbocycles. The van der Waals surface area contributed by atoms with Gasteiger partial charge in [-0.25, -0.2) is 4.98 Å². The fraction of sp³-hybridized carbons (Fsp3) is 0. The molecule has 0 aliphatic heterocycles. The molecule has 0 unspecified atom stereocenters. The number of aromatic nitrogens is 5. The second-order valence-electron chi connectivity index (χ2n) is 14.4. The van der Waals surface area contributed by atoms with Crippen LogP contribution in [0.2, 0.25) is 0 Å². The zero-order valence-electron chi connectivity index (χ0n) is 30.5. The van der Waals surface area contributed by atoms with E-state index in [-0.39, 0.29) is 0 Å². The van der Waals surface area contributed by atoms with Gasteiger partial charge in [0.15, 0.2) is 11.6 Å². The Morgan fingerprint density at radius 3 is 1.53 bits per heavy atom. The van der Waals surface area contributed by atoms with E-state index >= 15 is 0 Å². The highest BCUT2D eigenvalue weighted by Gasteiger charge is 2.24. The van der Waals surface area contributed by atoms with E-state index in [1.807, 2.05) is 60.7 Å². The van der Waals surface area contributed by atoms with E-state index in [9.17, 15) is 0 Å². The highest BCUT2D eigenvalue weighted by molar-refractivity contribution is 6.24. The lowest BCUT2D eigenvalue weighted by molar-refractivity contribution is 0.668. The van der Waals surface area contributed by atoms with Crippen molar-refractivity contribution in [3.63, 3.8) is 0 Å². The van der Waals surface area contributed by atoms with Crippen LogP contribution < -0.4 is 0 Å². The van der Waals surface area contributed by atoms with Crippen molar-refractivity contribution in [1.29, 1.82) is 0 Å². The smallest absolute Gasteiger partial charge is 0.238 e. The fourth-order valence-electron chi connectivity index (χ4n) is 8.69. The van der Waals surface area contributed by atoms with Gasteiger partial charge in [-0.3, -0.25) is 4.57 Å². The lowest BCUT2D eigenvalue weighted by Crippen LogP contribution is -2.07. The molecule has 0 bridgehead atoms. The summed E-state index contributed by atoms with van der Waals surface area (Å²) in [6, 6.07) is 65.4. The summed E-state index contributed by atoms with van der Waals surface area (Å²) in [5.41, 5.74) is 11.1. The number of benzene rings is 8. The number of hydrogen-bond acceptors (Lipinski definition) is 4. The highest BCUT2D eigenvalue weighted by Crippen LogP contribution is 2.43. The summed E-state index contributed by atoms with van der Waals surface area (Å²) in [5.74, 6) is 1.78. The molecule has 57 heavy (non-hydrogen) atoms. The fourth-order valence-corrected chi connectivity index (χ4v) is 8.69. The Balaban J connectivity index is 1.19. The lowest BCUT2D eigenvalue weighted by Gasteiger charge is -2.13. The second kappa shape index (κ2) is 12.3. The molecule has 12 aromatic rings. The summed E-state index contributed by atoms with van der Waals surface area (Å²) in [6.45, 7) is 0. The van der Waals surface area contributed by atoms with Crippen LogP contribution >= 0.6 is 0 Å². The normalized spacial score (nSPS) is 11.9. The van der Waals surface area contributed by atoms with Gasteiger partial charge in [-0.05, 0) is 41.5 Å². The van der Waals surface area contributed by atoms with Crippen molar-refractivity contribution in [3.05, 3.63) is 188 Å². The molecule has 0 radical (unpaired) electrons. The number of nitrogens with zero attached hydrogens (tertiary/aromatic N) is 5. The third-order valence-electron chi connectivity index (χ3n) is 11.2. The van der Waals surface area contributed by atoms with E-state index < -0.39 is 0 Å². The maximum absolute atomic E-state index is 6.67. The average molecular weight is 730 g/mol. The summed E-state index contributed by atoms with van der Waals surface area (Å²) in [6.07, 6.45) is 0. The number of rotatable bonds is 5. The Bertz CT molecular complexity index is 3450. The number of fused-ring (bicyclic) bond motifs is 10. The molecule has 6 nitrogen and oxygen atoms in total. The molecule has 0 fully saturated rings. The summed E-state index contributed by atoms with van der Waals surface area (Å²) in [7, 11) is 0. The molecule has 0 saturated heterocycles. The molecule has 4 aromatic heterocycles. The Kier molecular flexibility index (Phi) is 6.83. The van der Waals surface area contributed by atoms with Crippen LogP contribution in [0.3, 0.4) is 0 Å². The van der Waals surface area contributed by atoms with Crippen LogP contribution in [0.4, 0.5) is 0 Å². The van der Waals surface area contributed by atoms with Crippen molar-refractivity contribution in [3.8, 4) is 45.5 Å². The van der Waals surface area contributed by atoms with Gasteiger partial charge in [-0.1, -0.05) is 152 Å². The number of para-hydroxylation sites is 2. The molecule has 0 atom stereocenters. The van der Waals surface area contributed by atoms with Crippen molar-refractivity contribution >= 4 is 65.6 Å². The van der Waals surface area contributed by atoms with Crippen LogP contribution in [0, 0.1) is 0 Å². The van der Waals surface area contributed by atoms with Crippen LogP contribution in [0.25, 0.3) is 111 Å². The van der Waals surface area contributed by atoms with Gasteiger partial charge in [0, 0.05) is 49.5 Å². The van der Waals surface area contributed by atoms with E-state index in [0.717, 1.165) is 93.5 Å². The zero-order chi connectivity index (χ0) is 37.5. The van der Waals surface area contributed by atoms with Gasteiger partial charge >= 0.3 is 0 Å². The molecule has 0 aliphatic rings. The number of furan rings is 1. The molecule has 6 heteroatoms. The molecule has 4 heterocycles. The molecule has 8 aromatic carbocycles. The largest absolute Gasteiger partial charge is 0.456 e. The first kappa shape index (κ1) is 31.5. The molecule has 0 saturated carbocycles. The van der Waals surface area contributed by atoms with Crippen LogP contribution in [0.15, 0.2) is 192 Å². The van der Waals surface area contributed by atoms with Crippen LogP contribution in [-0.2, 0) is 0 Å². The van der Waals surface area contributed by atoms with E-state index in [2.05, 4.69) is 137 Å². The SMILES string of the molecule is c1ccc(-c2nc(-c3ccccc3)nc(-n3c4ccccc4c4ccc5c6ccccc6n(-c6ccc7c(c6)oc6cccc(-c8ccccc8)c67)c5c43)n2)cc1. The standard InChI is InChI=1S/C51H31N5O/c1-4-15-32(16-5-1)36-23-14-26-44-46(36)41-28-27-35(31-45(41)57-44)55-42-24-12-10-21-37(42)39-29-30-40-38-22-11-13-25-43(38)56(48(40)47(39)55)51-53-49(33-17-6-2-7-18-33)52-50(54-51)34-19-8-3-9-20-34/h1-31H. The quantitative estimate of drug-likeness (QED) is 0.177. The minimum atomic E-state index is 0.555. The molecule has 0 N–H and O–H groups in total. The molecular weight excluding hydrogens is 699 g/mol. The Morgan fingerprint density at radius 2 is 0.895 bits per heavy atom. The van der Waals surface area contributed by atoms with Crippen molar-refractivity contribution in [2.75, 3.05) is 0 Å². The summed E-state index contributed by atoms with van der Waals surface area (Å²) in [5, 5.41) is 6.73. The molecular formula is C51H31N5O. The van der Waals surface area contributed by atoms with Gasteiger partial charge in [0.1, 0.15) is 11.2 Å². The Hall–Kier alpha value is -7.83. The predicted octanol–water partition coefficient (Wildman–Crippen LogP) is 13.0. The predicted molar refractivity (Wildman–Crippen MR) is 232 cm³/mol. The van der Waals surface area contributed by atoms with E-state index in [1.54, 1.807) is 0 Å². The van der Waals surface area contributed by atoms with Crippen LogP contribution in [0.5, 0.6) is 0 Å². The van der Waals surface area contributed by atoms with Crippen molar-refractivity contribution in [2.24, 2.45) is 0 Å². The second-order valence-corrected chi connectivity index (χ2v) is 14.4. The minimum absolute atomic E-state index is 0.555. The van der Waals surface area contributed by atoms with E-state index in [1.165, 1.54) is 0 Å². The Morgan fingerprint density at radius 1 is 0.368 bits per heavy atom. The molecule has 12 rings (SSSR count). The number of hydrogen-bond donors (Lipinski definition) is 0. The van der Waals surface area contributed by atoms with Gasteiger partial charge in [0.25, 0.3) is 0 Å². The first-order valence-electron chi connectivity index (χ1n) is 19.1. The van der Waals surface area contributed by atoms with Gasteiger partial charge in [-0.15, -0.1) is 0 Å². The molecule has 0 spiro atoms. The van der Waals surface area contributed by atoms with Gasteiger partial charge < -0.3 is 8.98 Å². The summed E-state index contributed by atoms with van der Waals surface area (Å²) >= 11 is 0. The first-order chi connectivity index (χ1) is 28.3. The van der Waals surface area contributed by atoms with E-state index in [0.29, 0.717) is 17.6 Å². The third-order valence-corrected chi connectivity index (χ3v) is 11.2. The molecule has 266 valence electrons. The maximum Gasteiger partial charge on any atom is 0.238 e. The lowest BCUT2D eigenvalue weighted by atomic mass is 9.99. The van der Waals surface area contributed by atoms with Crippen LogP contribution in [-0.4, -0.2) is 24.1 Å². The molecule has 0 amide bonds. The highest BCUT2D eigenvalue weighted by atomic mass is 16.3.